The largest absolute Gasteiger partial charge is 0.492 e. The van der Waals surface area contributed by atoms with E-state index in [1.54, 1.807) is 11.1 Å². The fourth-order valence-corrected chi connectivity index (χ4v) is 2.79. The molecule has 0 fully saturated rings. The molecule has 0 aliphatic carbocycles. The van der Waals surface area contributed by atoms with E-state index in [0.717, 1.165) is 46.6 Å². The summed E-state index contributed by atoms with van der Waals surface area (Å²) in [7, 11) is 0. The summed E-state index contributed by atoms with van der Waals surface area (Å²) in [5.74, 6) is 1.67. The van der Waals surface area contributed by atoms with Crippen LogP contribution in [0.5, 0.6) is 11.5 Å². The van der Waals surface area contributed by atoms with E-state index in [4.69, 9.17) is 32.7 Å². The van der Waals surface area contributed by atoms with Crippen LogP contribution >= 0.6 is 23.2 Å². The summed E-state index contributed by atoms with van der Waals surface area (Å²) in [6, 6.07) is 4.00. The normalized spacial score (nSPS) is 22.1. The molecule has 1 aromatic rings. The number of benzene rings is 1. The van der Waals surface area contributed by atoms with Gasteiger partial charge in [0, 0.05) is 41.1 Å². The summed E-state index contributed by atoms with van der Waals surface area (Å²) >= 11 is 11.7. The van der Waals surface area contributed by atoms with E-state index >= 15 is 0 Å². The van der Waals surface area contributed by atoms with Crippen molar-refractivity contribution < 1.29 is 9.47 Å². The molecule has 3 rings (SSSR count). The number of halogens is 2. The van der Waals surface area contributed by atoms with Gasteiger partial charge in [-0.3, -0.25) is 0 Å². The van der Waals surface area contributed by atoms with Gasteiger partial charge in [0.25, 0.3) is 0 Å². The molecular weight excluding hydrogens is 271 g/mol. The zero-order chi connectivity index (χ0) is 12.5. The monoisotopic (exact) mass is 282 g/mol. The molecule has 0 atom stereocenters. The lowest BCUT2D eigenvalue weighted by Crippen LogP contribution is -2.12. The number of fused-ring (bicyclic) bond motifs is 2. The Morgan fingerprint density at radius 3 is 1.78 bits per heavy atom. The maximum Gasteiger partial charge on any atom is 0.130 e. The lowest BCUT2D eigenvalue weighted by molar-refractivity contribution is 0.299. The molecule has 0 aromatic heterocycles. The molecule has 0 saturated carbocycles. The summed E-state index contributed by atoms with van der Waals surface area (Å²) in [6.07, 6.45) is 1.66. The standard InChI is InChI=1S/C14H12Cl2O2/c15-7-9-1-3-17-13-6-14-12(5-11(9)13)10(8-16)2-4-18-14/h5-8H,1-4H2/b9-7-,10-8-. The molecule has 94 valence electrons. The Labute approximate surface area is 116 Å². The zero-order valence-electron chi connectivity index (χ0n) is 9.71. The van der Waals surface area contributed by atoms with Crippen LogP contribution in [0.3, 0.4) is 0 Å². The molecule has 2 aliphatic heterocycles. The van der Waals surface area contributed by atoms with Crippen LogP contribution in [-0.4, -0.2) is 13.2 Å². The van der Waals surface area contributed by atoms with E-state index in [2.05, 4.69) is 6.07 Å². The van der Waals surface area contributed by atoms with Crippen molar-refractivity contribution in [3.8, 4) is 11.5 Å². The predicted molar refractivity (Wildman–Crippen MR) is 74.3 cm³/mol. The van der Waals surface area contributed by atoms with Crippen LogP contribution < -0.4 is 9.47 Å². The molecule has 0 amide bonds. The average molecular weight is 283 g/mol. The highest BCUT2D eigenvalue weighted by Gasteiger charge is 2.22. The summed E-state index contributed by atoms with van der Waals surface area (Å²) in [5, 5.41) is 0. The van der Waals surface area contributed by atoms with Crippen LogP contribution in [0.4, 0.5) is 0 Å². The van der Waals surface area contributed by atoms with Crippen LogP contribution in [0.15, 0.2) is 23.2 Å². The van der Waals surface area contributed by atoms with Crippen LogP contribution in [0.2, 0.25) is 0 Å². The van der Waals surface area contributed by atoms with Crippen molar-refractivity contribution in [1.29, 1.82) is 0 Å². The molecule has 0 N–H and O–H groups in total. The van der Waals surface area contributed by atoms with Gasteiger partial charge in [0.2, 0.25) is 0 Å². The number of ether oxygens (including phenoxy) is 2. The van der Waals surface area contributed by atoms with Gasteiger partial charge in [-0.25, -0.2) is 0 Å². The molecule has 4 heteroatoms. The second-order valence-corrected chi connectivity index (χ2v) is 4.75. The van der Waals surface area contributed by atoms with Gasteiger partial charge >= 0.3 is 0 Å². The summed E-state index contributed by atoms with van der Waals surface area (Å²) in [5.41, 5.74) is 7.52. The van der Waals surface area contributed by atoms with E-state index in [1.165, 1.54) is 0 Å². The first kappa shape index (κ1) is 11.9. The maximum atomic E-state index is 5.87. The summed E-state index contributed by atoms with van der Waals surface area (Å²) in [4.78, 5) is 0. The van der Waals surface area contributed by atoms with E-state index in [0.29, 0.717) is 13.2 Å². The second kappa shape index (κ2) is 4.87. The molecule has 2 aliphatic rings. The Balaban J connectivity index is 2.18. The zero-order valence-corrected chi connectivity index (χ0v) is 11.2. The van der Waals surface area contributed by atoms with Crippen molar-refractivity contribution in [2.75, 3.05) is 13.2 Å². The third-order valence-electron chi connectivity index (χ3n) is 3.30. The quantitative estimate of drug-likeness (QED) is 0.702. The Morgan fingerprint density at radius 1 is 0.833 bits per heavy atom. The first-order chi connectivity index (χ1) is 8.83. The van der Waals surface area contributed by atoms with Crippen LogP contribution in [0, 0.1) is 0 Å². The Morgan fingerprint density at radius 2 is 1.33 bits per heavy atom. The molecule has 18 heavy (non-hydrogen) atoms. The smallest absolute Gasteiger partial charge is 0.130 e. The molecule has 0 unspecified atom stereocenters. The predicted octanol–water partition coefficient (Wildman–Crippen LogP) is 4.41. The molecule has 0 radical (unpaired) electrons. The minimum Gasteiger partial charge on any atom is -0.492 e. The minimum absolute atomic E-state index is 0.655. The van der Waals surface area contributed by atoms with Crippen molar-refractivity contribution >= 4 is 34.3 Å². The average Bonchev–Trinajstić information content (AvgIpc) is 2.43. The van der Waals surface area contributed by atoms with Gasteiger partial charge < -0.3 is 9.47 Å². The number of hydrogen-bond donors (Lipinski definition) is 0. The Hall–Kier alpha value is -1.12. The van der Waals surface area contributed by atoms with E-state index < -0.39 is 0 Å². The van der Waals surface area contributed by atoms with E-state index in [1.807, 2.05) is 6.07 Å². The Bertz CT molecular complexity index is 502. The van der Waals surface area contributed by atoms with Gasteiger partial charge in [-0.15, -0.1) is 0 Å². The van der Waals surface area contributed by atoms with Gasteiger partial charge in [-0.1, -0.05) is 23.2 Å². The third-order valence-corrected chi connectivity index (χ3v) is 3.82. The highest BCUT2D eigenvalue weighted by Crippen LogP contribution is 2.42. The van der Waals surface area contributed by atoms with Gasteiger partial charge in [-0.2, -0.15) is 0 Å². The molecule has 2 heterocycles. The first-order valence-corrected chi connectivity index (χ1v) is 6.73. The van der Waals surface area contributed by atoms with E-state index in [9.17, 15) is 0 Å². The van der Waals surface area contributed by atoms with Gasteiger partial charge in [0.05, 0.1) is 13.2 Å². The minimum atomic E-state index is 0.655. The van der Waals surface area contributed by atoms with Gasteiger partial charge in [0.15, 0.2) is 0 Å². The van der Waals surface area contributed by atoms with Crippen molar-refractivity contribution in [2.24, 2.45) is 0 Å². The summed E-state index contributed by atoms with van der Waals surface area (Å²) < 4.78 is 11.3. The van der Waals surface area contributed by atoms with E-state index in [-0.39, 0.29) is 0 Å². The van der Waals surface area contributed by atoms with Crippen molar-refractivity contribution in [3.05, 3.63) is 34.3 Å². The molecule has 0 saturated heterocycles. The lowest BCUT2D eigenvalue weighted by atomic mass is 9.93. The summed E-state index contributed by atoms with van der Waals surface area (Å²) in [6.45, 7) is 1.31. The fourth-order valence-electron chi connectivity index (χ4n) is 2.34. The van der Waals surface area contributed by atoms with Gasteiger partial charge in [0.1, 0.15) is 11.5 Å². The first-order valence-electron chi connectivity index (χ1n) is 5.86. The number of hydrogen-bond acceptors (Lipinski definition) is 2. The molecule has 0 bridgehead atoms. The van der Waals surface area contributed by atoms with Crippen LogP contribution in [0.1, 0.15) is 24.0 Å². The Kier molecular flexibility index (Phi) is 3.23. The van der Waals surface area contributed by atoms with Crippen LogP contribution in [0.25, 0.3) is 11.1 Å². The number of rotatable bonds is 0. The van der Waals surface area contributed by atoms with Gasteiger partial charge in [-0.05, 0) is 17.2 Å². The maximum absolute atomic E-state index is 5.87. The van der Waals surface area contributed by atoms with Crippen molar-refractivity contribution in [3.63, 3.8) is 0 Å². The highest BCUT2D eigenvalue weighted by atomic mass is 35.5. The van der Waals surface area contributed by atoms with Crippen molar-refractivity contribution in [1.82, 2.24) is 0 Å². The molecule has 2 nitrogen and oxygen atoms in total. The highest BCUT2D eigenvalue weighted by molar-refractivity contribution is 6.29. The lowest BCUT2D eigenvalue weighted by Gasteiger charge is -2.25. The molecular formula is C14H12Cl2O2. The van der Waals surface area contributed by atoms with Crippen molar-refractivity contribution in [2.45, 2.75) is 12.8 Å². The topological polar surface area (TPSA) is 18.5 Å². The van der Waals surface area contributed by atoms with Crippen LogP contribution in [-0.2, 0) is 0 Å². The molecule has 1 aromatic carbocycles. The second-order valence-electron chi connectivity index (χ2n) is 4.31. The fraction of sp³-hybridized carbons (Fsp3) is 0.286. The third kappa shape index (κ3) is 1.90. The molecule has 0 spiro atoms. The SMILES string of the molecule is Cl/C=C1/CCOc2cc3c(cc21)/C(=C\Cl)CCO3.